The van der Waals surface area contributed by atoms with Crippen molar-refractivity contribution in [2.75, 3.05) is 0 Å². The Balaban J connectivity index is 1.18. The zero-order valence-corrected chi connectivity index (χ0v) is 26.5. The Morgan fingerprint density at radius 1 is 0.367 bits per heavy atom. The Kier molecular flexibility index (Phi) is 6.06. The molecule has 0 saturated carbocycles. The Hall–Kier alpha value is -6.52. The molecule has 49 heavy (non-hydrogen) atoms. The molecule has 0 aliphatic heterocycles. The first-order chi connectivity index (χ1) is 24.3. The van der Waals surface area contributed by atoms with Crippen LogP contribution < -0.4 is 0 Å². The summed E-state index contributed by atoms with van der Waals surface area (Å²) >= 11 is 0. The second-order valence-corrected chi connectivity index (χ2v) is 12.6. The Morgan fingerprint density at radius 2 is 0.959 bits per heavy atom. The van der Waals surface area contributed by atoms with Gasteiger partial charge < -0.3 is 0 Å². The van der Waals surface area contributed by atoms with Crippen LogP contribution in [0, 0.1) is 0 Å². The maximum absolute atomic E-state index is 5.23. The molecule has 2 aliphatic rings. The zero-order chi connectivity index (χ0) is 32.4. The molecule has 0 amide bonds. The largest absolute Gasteiger partial charge is 0.264 e. The second-order valence-electron chi connectivity index (χ2n) is 12.6. The third-order valence-corrected chi connectivity index (χ3v) is 10.1. The van der Waals surface area contributed by atoms with Gasteiger partial charge in [0.25, 0.3) is 0 Å². The van der Waals surface area contributed by atoms with Crippen LogP contribution in [0.2, 0.25) is 0 Å². The van der Waals surface area contributed by atoms with Gasteiger partial charge in [-0.3, -0.25) is 9.97 Å². The van der Waals surface area contributed by atoms with Crippen molar-refractivity contribution >= 4 is 0 Å². The quantitative estimate of drug-likeness (QED) is 0.196. The average molecular weight is 625 g/mol. The first kappa shape index (κ1) is 27.6. The molecule has 0 N–H and O–H groups in total. The third-order valence-electron chi connectivity index (χ3n) is 10.1. The lowest BCUT2D eigenvalue weighted by atomic mass is 9.70. The summed E-state index contributed by atoms with van der Waals surface area (Å²) in [6, 6.07) is 53.9. The van der Waals surface area contributed by atoms with E-state index in [0.717, 1.165) is 39.3 Å². The van der Waals surface area contributed by atoms with Crippen molar-refractivity contribution in [2.24, 2.45) is 0 Å². The highest BCUT2D eigenvalue weighted by Crippen LogP contribution is 2.62. The number of hydrogen-bond donors (Lipinski definition) is 0. The summed E-state index contributed by atoms with van der Waals surface area (Å²) in [4.78, 5) is 19.4. The molecular weight excluding hydrogens is 597 g/mol. The van der Waals surface area contributed by atoms with E-state index in [0.29, 0.717) is 5.82 Å². The molecule has 8 aromatic rings. The van der Waals surface area contributed by atoms with Gasteiger partial charge in [0.05, 0.1) is 22.5 Å². The summed E-state index contributed by atoms with van der Waals surface area (Å²) in [7, 11) is 0. The maximum Gasteiger partial charge on any atom is 0.160 e. The summed E-state index contributed by atoms with van der Waals surface area (Å²) in [5, 5.41) is 0. The van der Waals surface area contributed by atoms with Crippen LogP contribution in [-0.4, -0.2) is 19.9 Å². The number of hydrogen-bond acceptors (Lipinski definition) is 4. The molecular formula is C45H28N4. The molecule has 228 valence electrons. The van der Waals surface area contributed by atoms with Gasteiger partial charge in [0.1, 0.15) is 0 Å². The second kappa shape index (κ2) is 10.8. The van der Waals surface area contributed by atoms with Crippen LogP contribution in [0.25, 0.3) is 67.4 Å². The number of benzene rings is 5. The molecule has 0 saturated heterocycles. The van der Waals surface area contributed by atoms with Crippen LogP contribution in [0.3, 0.4) is 0 Å². The van der Waals surface area contributed by atoms with E-state index in [4.69, 9.17) is 9.97 Å². The number of fused-ring (bicyclic) bond motifs is 10. The highest BCUT2D eigenvalue weighted by atomic mass is 14.9. The average Bonchev–Trinajstić information content (AvgIpc) is 3.66. The number of aromatic nitrogens is 4. The van der Waals surface area contributed by atoms with Gasteiger partial charge in [-0.05, 0) is 86.0 Å². The Morgan fingerprint density at radius 3 is 1.59 bits per heavy atom. The fraction of sp³-hybridized carbons (Fsp3) is 0.0222. The molecule has 0 radical (unpaired) electrons. The van der Waals surface area contributed by atoms with Gasteiger partial charge in [0.2, 0.25) is 0 Å². The van der Waals surface area contributed by atoms with Gasteiger partial charge >= 0.3 is 0 Å². The molecule has 4 heteroatoms. The van der Waals surface area contributed by atoms with Gasteiger partial charge in [0.15, 0.2) is 5.82 Å². The first-order valence-corrected chi connectivity index (χ1v) is 16.5. The molecule has 3 heterocycles. The van der Waals surface area contributed by atoms with Crippen molar-refractivity contribution in [1.82, 2.24) is 19.9 Å². The fourth-order valence-electron chi connectivity index (χ4n) is 7.97. The molecule has 0 bridgehead atoms. The van der Waals surface area contributed by atoms with Crippen LogP contribution in [0.1, 0.15) is 22.3 Å². The molecule has 2 aliphatic carbocycles. The van der Waals surface area contributed by atoms with E-state index < -0.39 is 5.41 Å². The highest BCUT2D eigenvalue weighted by Gasteiger charge is 2.51. The van der Waals surface area contributed by atoms with Crippen molar-refractivity contribution in [2.45, 2.75) is 5.41 Å². The predicted octanol–water partition coefficient (Wildman–Crippen LogP) is 10.3. The lowest BCUT2D eigenvalue weighted by molar-refractivity contribution is 0.794. The van der Waals surface area contributed by atoms with E-state index in [1.807, 2.05) is 42.7 Å². The monoisotopic (exact) mass is 624 g/mol. The van der Waals surface area contributed by atoms with Crippen molar-refractivity contribution in [3.8, 4) is 67.4 Å². The molecule has 0 unspecified atom stereocenters. The molecule has 10 rings (SSSR count). The van der Waals surface area contributed by atoms with Gasteiger partial charge in [-0.1, -0.05) is 121 Å². The first-order valence-electron chi connectivity index (χ1n) is 16.5. The van der Waals surface area contributed by atoms with Gasteiger partial charge in [-0.25, -0.2) is 9.97 Å². The minimum atomic E-state index is -0.432. The molecule has 0 atom stereocenters. The van der Waals surface area contributed by atoms with Gasteiger partial charge in [-0.2, -0.15) is 0 Å². The number of pyridine rings is 2. The Labute approximate surface area is 284 Å². The summed E-state index contributed by atoms with van der Waals surface area (Å²) < 4.78 is 0. The van der Waals surface area contributed by atoms with Gasteiger partial charge in [-0.15, -0.1) is 0 Å². The third kappa shape index (κ3) is 4.11. The van der Waals surface area contributed by atoms with E-state index in [-0.39, 0.29) is 0 Å². The molecule has 0 fully saturated rings. The normalized spacial score (nSPS) is 13.1. The molecule has 1 spiro atoms. The highest BCUT2D eigenvalue weighted by molar-refractivity contribution is 5.95. The Bertz CT molecular complexity index is 2480. The van der Waals surface area contributed by atoms with E-state index in [2.05, 4.69) is 131 Å². The smallest absolute Gasteiger partial charge is 0.160 e. The fourth-order valence-corrected chi connectivity index (χ4v) is 7.97. The summed E-state index contributed by atoms with van der Waals surface area (Å²) in [6.45, 7) is 0. The van der Waals surface area contributed by atoms with E-state index in [1.54, 1.807) is 6.20 Å². The topological polar surface area (TPSA) is 51.6 Å². The van der Waals surface area contributed by atoms with Crippen molar-refractivity contribution in [1.29, 1.82) is 0 Å². The van der Waals surface area contributed by atoms with Crippen LogP contribution in [0.15, 0.2) is 170 Å². The number of nitrogens with zero attached hydrogens (tertiary/aromatic N) is 4. The lowest BCUT2D eigenvalue weighted by Gasteiger charge is -2.30. The SMILES string of the molecule is c1ccc(-c2cc(-c3ccc(-c4cccnc4)cc3)nc(-c3ccc4c(c3)C3(c5ccccc5-c5ccccc53)c3ccccc3-4)n2)nc1. The van der Waals surface area contributed by atoms with E-state index in [9.17, 15) is 0 Å². The number of rotatable bonds is 4. The minimum absolute atomic E-state index is 0.432. The maximum atomic E-state index is 5.23. The predicted molar refractivity (Wildman–Crippen MR) is 196 cm³/mol. The van der Waals surface area contributed by atoms with Crippen molar-refractivity contribution in [3.05, 3.63) is 193 Å². The van der Waals surface area contributed by atoms with Crippen LogP contribution in [0.4, 0.5) is 0 Å². The summed E-state index contributed by atoms with van der Waals surface area (Å²) in [5.74, 6) is 0.669. The van der Waals surface area contributed by atoms with Gasteiger partial charge in [0, 0.05) is 29.7 Å². The molecule has 4 nitrogen and oxygen atoms in total. The van der Waals surface area contributed by atoms with Crippen molar-refractivity contribution < 1.29 is 0 Å². The summed E-state index contributed by atoms with van der Waals surface area (Å²) in [5.41, 5.74) is 16.5. The molecule has 5 aromatic carbocycles. The lowest BCUT2D eigenvalue weighted by Crippen LogP contribution is -2.25. The zero-order valence-electron chi connectivity index (χ0n) is 26.5. The van der Waals surface area contributed by atoms with Crippen molar-refractivity contribution in [3.63, 3.8) is 0 Å². The van der Waals surface area contributed by atoms with E-state index >= 15 is 0 Å². The summed E-state index contributed by atoms with van der Waals surface area (Å²) in [6.07, 6.45) is 5.49. The van der Waals surface area contributed by atoms with Crippen LogP contribution >= 0.6 is 0 Å². The van der Waals surface area contributed by atoms with Crippen LogP contribution in [0.5, 0.6) is 0 Å². The minimum Gasteiger partial charge on any atom is -0.264 e. The molecule has 3 aromatic heterocycles. The van der Waals surface area contributed by atoms with E-state index in [1.165, 1.54) is 44.5 Å². The van der Waals surface area contributed by atoms with Crippen LogP contribution in [-0.2, 0) is 5.41 Å². The standard InChI is InChI=1S/C45H28N4/c1-4-14-37-33(11-1)34-12-2-5-15-38(34)45(37)39-16-6-3-13-35(39)36-23-22-31(26-40(36)45)44-48-42(27-43(49-44)41-17-7-8-25-47-41)30-20-18-29(19-21-30)32-10-9-24-46-28-32/h1-28H.